The third kappa shape index (κ3) is 3.01. The Bertz CT molecular complexity index is 414. The van der Waals surface area contributed by atoms with Gasteiger partial charge < -0.3 is 5.32 Å². The maximum atomic E-state index is 9.37. The van der Waals surface area contributed by atoms with E-state index >= 15 is 0 Å². The second kappa shape index (κ2) is 5.72. The molecule has 0 saturated carbocycles. The van der Waals surface area contributed by atoms with E-state index in [9.17, 15) is 5.21 Å². The molecule has 0 spiro atoms. The monoisotopic (exact) mass is 325 g/mol. The van der Waals surface area contributed by atoms with Crippen molar-refractivity contribution >= 4 is 51.8 Å². The number of nitrogens with one attached hydrogen (secondary N) is 1. The van der Waals surface area contributed by atoms with Crippen LogP contribution < -0.4 is 5.32 Å². The van der Waals surface area contributed by atoms with Crippen molar-refractivity contribution in [1.82, 2.24) is 5.06 Å². The summed E-state index contributed by atoms with van der Waals surface area (Å²) in [6, 6.07) is 5.08. The summed E-state index contributed by atoms with van der Waals surface area (Å²) >= 11 is 11.7. The molecule has 16 heavy (non-hydrogen) atoms. The molecule has 2 rings (SSSR count). The number of halogens is 3. The number of hydrogen-bond acceptors (Lipinski definition) is 4. The molecule has 0 radical (unpaired) electrons. The third-order valence-electron chi connectivity index (χ3n) is 2.00. The Kier molecular flexibility index (Phi) is 4.86. The van der Waals surface area contributed by atoms with Crippen LogP contribution in [0.25, 0.3) is 0 Å². The van der Waals surface area contributed by atoms with Crippen molar-refractivity contribution < 1.29 is 5.21 Å². The van der Waals surface area contributed by atoms with E-state index in [0.29, 0.717) is 34.8 Å². The summed E-state index contributed by atoms with van der Waals surface area (Å²) in [6.45, 7) is 1.07. The number of hydrogen-bond donors (Lipinski definition) is 2. The van der Waals surface area contributed by atoms with Crippen LogP contribution in [0.5, 0.6) is 0 Å². The van der Waals surface area contributed by atoms with Crippen LogP contribution in [-0.4, -0.2) is 29.3 Å². The molecule has 1 aromatic rings. The minimum atomic E-state index is 0. The minimum absolute atomic E-state index is 0. The summed E-state index contributed by atoms with van der Waals surface area (Å²) in [5, 5.41) is 14.4. The van der Waals surface area contributed by atoms with Crippen molar-refractivity contribution in [3.63, 3.8) is 0 Å². The summed E-state index contributed by atoms with van der Waals surface area (Å²) < 4.78 is 0. The Hall–Kier alpha value is -0.490. The van der Waals surface area contributed by atoms with Gasteiger partial charge in [0, 0.05) is 5.02 Å². The maximum absolute atomic E-state index is 9.37. The van der Waals surface area contributed by atoms with Gasteiger partial charge in [-0.25, -0.2) is 10.1 Å². The van der Waals surface area contributed by atoms with E-state index in [2.05, 4.69) is 10.3 Å². The third-order valence-corrected chi connectivity index (χ3v) is 2.54. The van der Waals surface area contributed by atoms with E-state index in [1.807, 2.05) is 0 Å². The molecule has 1 heterocycles. The molecular formula is C9H10BrCl2N3O. The summed E-state index contributed by atoms with van der Waals surface area (Å²) in [5.74, 6) is 0.402. The van der Waals surface area contributed by atoms with Gasteiger partial charge in [-0.3, -0.25) is 5.21 Å². The first kappa shape index (κ1) is 13.6. The van der Waals surface area contributed by atoms with Crippen LogP contribution in [0.3, 0.4) is 0 Å². The van der Waals surface area contributed by atoms with Crippen LogP contribution in [0.1, 0.15) is 0 Å². The predicted octanol–water partition coefficient (Wildman–Crippen LogP) is 3.04. The number of aliphatic imine (C=N–C) groups is 1. The zero-order valence-electron chi connectivity index (χ0n) is 8.15. The van der Waals surface area contributed by atoms with E-state index in [4.69, 9.17) is 23.2 Å². The van der Waals surface area contributed by atoms with Crippen molar-refractivity contribution in [3.05, 3.63) is 28.2 Å². The lowest BCUT2D eigenvalue weighted by Crippen LogP contribution is -2.29. The lowest BCUT2D eigenvalue weighted by Gasteiger charge is -2.14. The smallest absolute Gasteiger partial charge is 0.222 e. The number of hydroxylamine groups is 2. The highest BCUT2D eigenvalue weighted by atomic mass is 79.9. The highest BCUT2D eigenvalue weighted by Crippen LogP contribution is 2.25. The fraction of sp³-hybridized carbons (Fsp3) is 0.222. The number of rotatable bonds is 1. The highest BCUT2D eigenvalue weighted by Gasteiger charge is 2.15. The normalized spacial score (nSPS) is 14.4. The predicted molar refractivity (Wildman–Crippen MR) is 71.2 cm³/mol. The SMILES string of the molecule is Br.ON1CCN=C1Nc1ccc(Cl)cc1Cl. The first-order chi connectivity index (χ1) is 7.16. The Labute approximate surface area is 114 Å². The Balaban J connectivity index is 0.00000128. The number of nitrogens with zero attached hydrogens (tertiary/aromatic N) is 2. The van der Waals surface area contributed by atoms with Crippen molar-refractivity contribution in [1.29, 1.82) is 0 Å². The molecule has 4 nitrogen and oxygen atoms in total. The number of guanidine groups is 1. The number of anilines is 1. The van der Waals surface area contributed by atoms with Crippen LogP contribution in [0.15, 0.2) is 23.2 Å². The van der Waals surface area contributed by atoms with Crippen molar-refractivity contribution in [3.8, 4) is 0 Å². The molecule has 0 bridgehead atoms. The molecule has 1 aromatic carbocycles. The van der Waals surface area contributed by atoms with Crippen molar-refractivity contribution in [2.24, 2.45) is 4.99 Å². The van der Waals surface area contributed by atoms with Crippen molar-refractivity contribution in [2.75, 3.05) is 18.4 Å². The van der Waals surface area contributed by atoms with E-state index in [0.717, 1.165) is 5.06 Å². The highest BCUT2D eigenvalue weighted by molar-refractivity contribution is 8.93. The molecule has 1 aliphatic heterocycles. The number of benzene rings is 1. The fourth-order valence-corrected chi connectivity index (χ4v) is 1.71. The van der Waals surface area contributed by atoms with Gasteiger partial charge in [0.15, 0.2) is 0 Å². The van der Waals surface area contributed by atoms with E-state index < -0.39 is 0 Å². The second-order valence-corrected chi connectivity index (χ2v) is 3.92. The molecular weight excluding hydrogens is 317 g/mol. The molecule has 0 fully saturated rings. The summed E-state index contributed by atoms with van der Waals surface area (Å²) in [5.41, 5.74) is 0.667. The average Bonchev–Trinajstić information content (AvgIpc) is 2.57. The van der Waals surface area contributed by atoms with Crippen LogP contribution in [0, 0.1) is 0 Å². The van der Waals surface area contributed by atoms with Crippen LogP contribution in [0.2, 0.25) is 10.0 Å². The van der Waals surface area contributed by atoms with Crippen LogP contribution in [-0.2, 0) is 0 Å². The van der Waals surface area contributed by atoms with Gasteiger partial charge in [0.25, 0.3) is 0 Å². The minimum Gasteiger partial charge on any atom is -0.323 e. The molecule has 7 heteroatoms. The molecule has 0 amide bonds. The molecule has 0 saturated heterocycles. The first-order valence-corrected chi connectivity index (χ1v) is 5.15. The quantitative estimate of drug-likeness (QED) is 0.834. The topological polar surface area (TPSA) is 47.9 Å². The summed E-state index contributed by atoms with van der Waals surface area (Å²) in [7, 11) is 0. The Morgan fingerprint density at radius 1 is 1.38 bits per heavy atom. The van der Waals surface area contributed by atoms with E-state index in [-0.39, 0.29) is 17.0 Å². The lowest BCUT2D eigenvalue weighted by atomic mass is 10.3. The fourth-order valence-electron chi connectivity index (χ4n) is 1.25. The van der Waals surface area contributed by atoms with Gasteiger partial charge in [-0.2, -0.15) is 0 Å². The zero-order chi connectivity index (χ0) is 10.8. The molecule has 0 atom stereocenters. The standard InChI is InChI=1S/C9H9Cl2N3O.BrH/c10-6-1-2-8(7(11)5-6)13-9-12-3-4-14(9)15;/h1-2,5,15H,3-4H2,(H,12,13);1H. The van der Waals surface area contributed by atoms with Gasteiger partial charge in [0.1, 0.15) is 0 Å². The van der Waals surface area contributed by atoms with Gasteiger partial charge >= 0.3 is 0 Å². The van der Waals surface area contributed by atoms with Crippen LogP contribution in [0.4, 0.5) is 5.69 Å². The molecule has 88 valence electrons. The molecule has 0 aromatic heterocycles. The largest absolute Gasteiger partial charge is 0.323 e. The lowest BCUT2D eigenvalue weighted by molar-refractivity contribution is -0.00269. The van der Waals surface area contributed by atoms with Gasteiger partial charge in [0.2, 0.25) is 5.96 Å². The van der Waals surface area contributed by atoms with Gasteiger partial charge in [-0.1, -0.05) is 23.2 Å². The molecule has 2 N–H and O–H groups in total. The Morgan fingerprint density at radius 3 is 2.69 bits per heavy atom. The first-order valence-electron chi connectivity index (χ1n) is 4.40. The van der Waals surface area contributed by atoms with Gasteiger partial charge in [-0.05, 0) is 18.2 Å². The van der Waals surface area contributed by atoms with Gasteiger partial charge in [0.05, 0.1) is 23.8 Å². The zero-order valence-corrected chi connectivity index (χ0v) is 11.4. The van der Waals surface area contributed by atoms with E-state index in [1.165, 1.54) is 0 Å². The van der Waals surface area contributed by atoms with Crippen LogP contribution >= 0.6 is 40.2 Å². The second-order valence-electron chi connectivity index (χ2n) is 3.08. The molecule has 0 aliphatic carbocycles. The molecule has 0 unspecified atom stereocenters. The van der Waals surface area contributed by atoms with E-state index in [1.54, 1.807) is 18.2 Å². The Morgan fingerprint density at radius 2 is 2.12 bits per heavy atom. The summed E-state index contributed by atoms with van der Waals surface area (Å²) in [6.07, 6.45) is 0. The van der Waals surface area contributed by atoms with Crippen molar-refractivity contribution in [2.45, 2.75) is 0 Å². The van der Waals surface area contributed by atoms with Gasteiger partial charge in [-0.15, -0.1) is 17.0 Å². The summed E-state index contributed by atoms with van der Waals surface area (Å²) in [4.78, 5) is 4.07. The maximum Gasteiger partial charge on any atom is 0.222 e. The molecule has 1 aliphatic rings. The average molecular weight is 327 g/mol.